The van der Waals surface area contributed by atoms with Crippen molar-refractivity contribution in [2.24, 2.45) is 0 Å². The molecule has 2 heteroatoms. The van der Waals surface area contributed by atoms with E-state index < -0.39 is 5.41 Å². The zero-order valence-electron chi connectivity index (χ0n) is 34.8. The molecule has 1 atom stereocenters. The quantitative estimate of drug-likeness (QED) is 0.165. The number of anilines is 6. The summed E-state index contributed by atoms with van der Waals surface area (Å²) in [6.07, 6.45) is 0. The van der Waals surface area contributed by atoms with Crippen LogP contribution in [-0.2, 0) is 10.8 Å². The van der Waals surface area contributed by atoms with Crippen molar-refractivity contribution in [2.75, 3.05) is 9.80 Å². The summed E-state index contributed by atoms with van der Waals surface area (Å²) in [7, 11) is 0. The predicted molar refractivity (Wildman–Crippen MR) is 260 cm³/mol. The first kappa shape index (κ1) is 36.2. The molecule has 0 N–H and O–H groups in total. The molecule has 12 rings (SSSR count). The minimum absolute atomic E-state index is 0.296. The highest BCUT2D eigenvalue weighted by atomic mass is 15.1. The Morgan fingerprint density at radius 2 is 0.661 bits per heavy atom. The lowest BCUT2D eigenvalue weighted by molar-refractivity contribution is 0.563. The Morgan fingerprint density at radius 1 is 0.258 bits per heavy atom. The van der Waals surface area contributed by atoms with E-state index in [0.29, 0.717) is 0 Å². The third kappa shape index (κ3) is 5.36. The van der Waals surface area contributed by atoms with Crippen molar-refractivity contribution in [3.05, 3.63) is 264 Å². The largest absolute Gasteiger partial charge is 0.310 e. The number of nitrogens with zero attached hydrogens (tertiary/aromatic N) is 2. The molecule has 2 aliphatic rings. The van der Waals surface area contributed by atoms with Gasteiger partial charge < -0.3 is 9.80 Å². The molecule has 62 heavy (non-hydrogen) atoms. The lowest BCUT2D eigenvalue weighted by Crippen LogP contribution is -2.40. The second-order valence-electron chi connectivity index (χ2n) is 17.3. The van der Waals surface area contributed by atoms with E-state index in [2.05, 4.69) is 254 Å². The Bertz CT molecular complexity index is 3350. The molecule has 1 spiro atoms. The molecule has 0 aromatic heterocycles. The molecule has 1 unspecified atom stereocenters. The highest BCUT2D eigenvalue weighted by Gasteiger charge is 2.53. The van der Waals surface area contributed by atoms with Crippen LogP contribution >= 0.6 is 0 Å². The van der Waals surface area contributed by atoms with Crippen molar-refractivity contribution in [2.45, 2.75) is 24.7 Å². The van der Waals surface area contributed by atoms with Gasteiger partial charge in [-0.25, -0.2) is 0 Å². The summed E-state index contributed by atoms with van der Waals surface area (Å²) in [4.78, 5) is 4.85. The van der Waals surface area contributed by atoms with Crippen molar-refractivity contribution in [3.63, 3.8) is 0 Å². The van der Waals surface area contributed by atoms with Crippen LogP contribution in [0.15, 0.2) is 231 Å². The lowest BCUT2D eigenvalue weighted by atomic mass is 9.55. The fraction of sp³-hybridized carbons (Fsp3) is 0.0667. The summed E-state index contributed by atoms with van der Waals surface area (Å²) >= 11 is 0. The number of para-hydroxylation sites is 2. The summed E-state index contributed by atoms with van der Waals surface area (Å²) in [6, 6.07) is 85.4. The first-order valence-electron chi connectivity index (χ1n) is 21.7. The molecule has 2 aliphatic carbocycles. The second kappa shape index (κ2) is 13.9. The van der Waals surface area contributed by atoms with Crippen LogP contribution in [0.4, 0.5) is 34.1 Å². The second-order valence-corrected chi connectivity index (χ2v) is 17.3. The van der Waals surface area contributed by atoms with Crippen molar-refractivity contribution in [1.82, 2.24) is 0 Å². The van der Waals surface area contributed by atoms with Gasteiger partial charge >= 0.3 is 0 Å². The fourth-order valence-electron chi connectivity index (χ4n) is 10.8. The van der Waals surface area contributed by atoms with Crippen LogP contribution in [0.25, 0.3) is 32.7 Å². The van der Waals surface area contributed by atoms with Crippen LogP contribution in [0.2, 0.25) is 0 Å². The fourth-order valence-corrected chi connectivity index (χ4v) is 10.8. The molecule has 0 aliphatic heterocycles. The van der Waals surface area contributed by atoms with Crippen LogP contribution in [0.5, 0.6) is 0 Å². The van der Waals surface area contributed by atoms with Crippen LogP contribution in [0.3, 0.4) is 0 Å². The normalized spacial score (nSPS) is 15.5. The van der Waals surface area contributed by atoms with E-state index in [0.717, 1.165) is 34.1 Å². The number of hydrogen-bond acceptors (Lipinski definition) is 2. The van der Waals surface area contributed by atoms with Crippen LogP contribution in [-0.4, -0.2) is 0 Å². The topological polar surface area (TPSA) is 6.48 Å². The molecule has 0 fully saturated rings. The molecule has 0 bridgehead atoms. The van der Waals surface area contributed by atoms with E-state index >= 15 is 0 Å². The molecule has 294 valence electrons. The Hall–Kier alpha value is -7.68. The van der Waals surface area contributed by atoms with Gasteiger partial charge in [-0.1, -0.05) is 172 Å². The van der Waals surface area contributed by atoms with E-state index in [4.69, 9.17) is 0 Å². The minimum Gasteiger partial charge on any atom is -0.310 e. The summed E-state index contributed by atoms with van der Waals surface area (Å²) in [5.74, 6) is 0. The van der Waals surface area contributed by atoms with Crippen LogP contribution in [0, 0.1) is 0 Å². The first-order valence-corrected chi connectivity index (χ1v) is 21.7. The van der Waals surface area contributed by atoms with Gasteiger partial charge in [-0.3, -0.25) is 0 Å². The summed E-state index contributed by atoms with van der Waals surface area (Å²) < 4.78 is 0. The van der Waals surface area contributed by atoms with Crippen LogP contribution < -0.4 is 9.80 Å². The van der Waals surface area contributed by atoms with Gasteiger partial charge in [0.1, 0.15) is 0 Å². The SMILES string of the molecule is CC1(C)c2ccccc2C2(c3ccccc3-c3ccc(N(c4ccccc4)c4ccc5ccccc5c4)cc32)c2ccc(N(c3ccccc3)c3ccc4ccccc4c3)cc21. The molecule has 0 heterocycles. The Kier molecular flexibility index (Phi) is 8.14. The van der Waals surface area contributed by atoms with Crippen LogP contribution in [0.1, 0.15) is 47.2 Å². The Morgan fingerprint density at radius 3 is 1.26 bits per heavy atom. The zero-order chi connectivity index (χ0) is 41.4. The van der Waals surface area contributed by atoms with Crippen molar-refractivity contribution in [3.8, 4) is 11.1 Å². The van der Waals surface area contributed by atoms with Gasteiger partial charge in [-0.15, -0.1) is 0 Å². The van der Waals surface area contributed by atoms with E-state index in [1.165, 1.54) is 66.1 Å². The molecular formula is C60H44N2. The van der Waals surface area contributed by atoms with Gasteiger partial charge in [0.05, 0.1) is 5.41 Å². The molecule has 0 amide bonds. The molecule has 0 radical (unpaired) electrons. The molecule has 0 saturated carbocycles. The maximum absolute atomic E-state index is 2.50. The van der Waals surface area contributed by atoms with E-state index in [1.54, 1.807) is 0 Å². The number of hydrogen-bond donors (Lipinski definition) is 0. The molecule has 10 aromatic carbocycles. The Balaban J connectivity index is 1.12. The van der Waals surface area contributed by atoms with Crippen molar-refractivity contribution >= 4 is 55.7 Å². The summed E-state index contributed by atoms with van der Waals surface area (Å²) in [5.41, 5.74) is 16.5. The Labute approximate surface area is 363 Å². The molecule has 10 aromatic rings. The molecule has 0 saturated heterocycles. The highest BCUT2D eigenvalue weighted by Crippen LogP contribution is 2.63. The van der Waals surface area contributed by atoms with Gasteiger partial charge in [0.2, 0.25) is 0 Å². The summed E-state index contributed by atoms with van der Waals surface area (Å²) in [6.45, 7) is 4.83. The van der Waals surface area contributed by atoms with Gasteiger partial charge in [0, 0.05) is 39.5 Å². The zero-order valence-corrected chi connectivity index (χ0v) is 34.8. The van der Waals surface area contributed by atoms with Crippen molar-refractivity contribution in [1.29, 1.82) is 0 Å². The van der Waals surface area contributed by atoms with E-state index in [-0.39, 0.29) is 5.41 Å². The molecule has 2 nitrogen and oxygen atoms in total. The van der Waals surface area contributed by atoms with Gasteiger partial charge in [-0.05, 0) is 139 Å². The lowest BCUT2D eigenvalue weighted by Gasteiger charge is -2.47. The summed E-state index contributed by atoms with van der Waals surface area (Å²) in [5, 5.41) is 4.91. The van der Waals surface area contributed by atoms with Gasteiger partial charge in [-0.2, -0.15) is 0 Å². The number of rotatable bonds is 6. The third-order valence-electron chi connectivity index (χ3n) is 13.6. The monoisotopic (exact) mass is 792 g/mol. The van der Waals surface area contributed by atoms with Gasteiger partial charge in [0.25, 0.3) is 0 Å². The standard InChI is InChI=1S/C60H44N2/c1-59(2)54-27-15-16-28-55(54)60(56-36-34-50(40-58(56)59)62(46-23-7-4-8-24-46)48-32-30-42-18-10-12-20-44(42)38-48)53-26-14-13-25-51(53)52-35-33-49(39-57(52)60)61(45-21-5-3-6-22-45)47-31-29-41-17-9-11-19-43(41)37-47/h3-40H,1-2H3. The average Bonchev–Trinajstić information content (AvgIpc) is 3.62. The first-order chi connectivity index (χ1) is 30.5. The predicted octanol–water partition coefficient (Wildman–Crippen LogP) is 15.9. The number of benzene rings is 10. The maximum atomic E-state index is 2.50. The van der Waals surface area contributed by atoms with E-state index in [1.807, 2.05) is 0 Å². The average molecular weight is 793 g/mol. The molecular weight excluding hydrogens is 749 g/mol. The number of fused-ring (bicyclic) bond motifs is 11. The maximum Gasteiger partial charge on any atom is 0.0720 e. The highest BCUT2D eigenvalue weighted by molar-refractivity contribution is 5.94. The van der Waals surface area contributed by atoms with Gasteiger partial charge in [0.15, 0.2) is 0 Å². The van der Waals surface area contributed by atoms with Crippen molar-refractivity contribution < 1.29 is 0 Å². The minimum atomic E-state index is -0.561. The van der Waals surface area contributed by atoms with E-state index in [9.17, 15) is 0 Å². The third-order valence-corrected chi connectivity index (χ3v) is 13.6. The smallest absolute Gasteiger partial charge is 0.0720 e.